The molecule has 0 amide bonds. The van der Waals surface area contributed by atoms with Crippen LogP contribution < -0.4 is 4.74 Å². The molecule has 0 aliphatic rings. The molecule has 0 aliphatic heterocycles. The molecule has 0 saturated carbocycles. The molecule has 1 heteroatoms. The molecule has 0 atom stereocenters. The first kappa shape index (κ1) is 11.7. The van der Waals surface area contributed by atoms with Gasteiger partial charge < -0.3 is 4.74 Å². The van der Waals surface area contributed by atoms with Gasteiger partial charge in [-0.15, -0.1) is 0 Å². The second-order valence-corrected chi connectivity index (χ2v) is 4.69. The number of para-hydroxylation sites is 1. The van der Waals surface area contributed by atoms with Crippen molar-refractivity contribution >= 4 is 0 Å². The number of hydrogen-bond acceptors (Lipinski definition) is 1. The lowest BCUT2D eigenvalue weighted by molar-refractivity contribution is 0.401. The lowest BCUT2D eigenvalue weighted by Gasteiger charge is -2.27. The van der Waals surface area contributed by atoms with Crippen LogP contribution in [-0.2, 0) is 5.41 Å². The third kappa shape index (κ3) is 2.19. The van der Waals surface area contributed by atoms with Crippen LogP contribution in [-0.4, -0.2) is 7.11 Å². The van der Waals surface area contributed by atoms with E-state index in [0.29, 0.717) is 0 Å². The Kier molecular flexibility index (Phi) is 3.19. The predicted octanol–water partition coefficient (Wildman–Crippen LogP) is 4.02. The van der Waals surface area contributed by atoms with Gasteiger partial charge in [-0.1, -0.05) is 62.4 Å². The van der Waals surface area contributed by atoms with Crippen LogP contribution in [0.15, 0.2) is 54.6 Å². The normalized spacial score (nSPS) is 11.2. The first-order valence-corrected chi connectivity index (χ1v) is 5.85. The summed E-state index contributed by atoms with van der Waals surface area (Å²) < 4.78 is 5.45. The van der Waals surface area contributed by atoms with Gasteiger partial charge in [0.2, 0.25) is 0 Å². The van der Waals surface area contributed by atoms with E-state index in [-0.39, 0.29) is 5.41 Å². The van der Waals surface area contributed by atoms with Crippen molar-refractivity contribution in [1.29, 1.82) is 0 Å². The molecule has 88 valence electrons. The van der Waals surface area contributed by atoms with Crippen LogP contribution in [0.5, 0.6) is 5.75 Å². The first-order valence-electron chi connectivity index (χ1n) is 5.85. The van der Waals surface area contributed by atoms with Crippen molar-refractivity contribution in [3.05, 3.63) is 65.7 Å². The van der Waals surface area contributed by atoms with E-state index >= 15 is 0 Å². The summed E-state index contributed by atoms with van der Waals surface area (Å²) in [6.07, 6.45) is 0. The van der Waals surface area contributed by atoms with Crippen LogP contribution >= 0.6 is 0 Å². The molecule has 0 heterocycles. The van der Waals surface area contributed by atoms with E-state index in [0.717, 1.165) is 5.75 Å². The summed E-state index contributed by atoms with van der Waals surface area (Å²) in [4.78, 5) is 0. The van der Waals surface area contributed by atoms with Crippen molar-refractivity contribution in [2.45, 2.75) is 19.3 Å². The van der Waals surface area contributed by atoms with Gasteiger partial charge >= 0.3 is 0 Å². The number of hydrogen-bond donors (Lipinski definition) is 0. The molecule has 0 unspecified atom stereocenters. The van der Waals surface area contributed by atoms with Gasteiger partial charge in [-0.3, -0.25) is 0 Å². The topological polar surface area (TPSA) is 9.23 Å². The van der Waals surface area contributed by atoms with E-state index in [9.17, 15) is 0 Å². The quantitative estimate of drug-likeness (QED) is 0.768. The van der Waals surface area contributed by atoms with Crippen molar-refractivity contribution in [1.82, 2.24) is 0 Å². The molecule has 0 radical (unpaired) electrons. The van der Waals surface area contributed by atoms with Crippen LogP contribution in [0.1, 0.15) is 25.0 Å². The zero-order valence-electron chi connectivity index (χ0n) is 10.6. The minimum Gasteiger partial charge on any atom is -0.496 e. The second kappa shape index (κ2) is 4.62. The van der Waals surface area contributed by atoms with Crippen molar-refractivity contribution < 1.29 is 4.74 Å². The summed E-state index contributed by atoms with van der Waals surface area (Å²) in [5, 5.41) is 0. The summed E-state index contributed by atoms with van der Waals surface area (Å²) in [5.41, 5.74) is 2.46. The highest BCUT2D eigenvalue weighted by Crippen LogP contribution is 2.36. The van der Waals surface area contributed by atoms with E-state index in [1.54, 1.807) is 7.11 Å². The molecule has 2 rings (SSSR count). The van der Waals surface area contributed by atoms with E-state index in [4.69, 9.17) is 4.74 Å². The van der Waals surface area contributed by atoms with Crippen molar-refractivity contribution in [3.63, 3.8) is 0 Å². The largest absolute Gasteiger partial charge is 0.496 e. The van der Waals surface area contributed by atoms with E-state index < -0.39 is 0 Å². The van der Waals surface area contributed by atoms with Crippen molar-refractivity contribution in [2.24, 2.45) is 0 Å². The number of rotatable bonds is 3. The number of benzene rings is 2. The maximum absolute atomic E-state index is 5.45. The highest BCUT2D eigenvalue weighted by Gasteiger charge is 2.25. The lowest BCUT2D eigenvalue weighted by Crippen LogP contribution is -2.19. The minimum absolute atomic E-state index is 0.0478. The molecular weight excluding hydrogens is 208 g/mol. The summed E-state index contributed by atoms with van der Waals surface area (Å²) in [6.45, 7) is 4.44. The Bertz CT molecular complexity index is 486. The fourth-order valence-electron chi connectivity index (χ4n) is 2.17. The van der Waals surface area contributed by atoms with Gasteiger partial charge in [0.15, 0.2) is 0 Å². The smallest absolute Gasteiger partial charge is 0.122 e. The Morgan fingerprint density at radius 1 is 0.824 bits per heavy atom. The molecule has 0 aromatic heterocycles. The Morgan fingerprint density at radius 3 is 2.06 bits per heavy atom. The molecule has 1 nitrogen and oxygen atoms in total. The fraction of sp³-hybridized carbons (Fsp3) is 0.250. The van der Waals surface area contributed by atoms with Crippen molar-refractivity contribution in [2.75, 3.05) is 7.11 Å². The molecule has 0 N–H and O–H groups in total. The highest BCUT2D eigenvalue weighted by atomic mass is 16.5. The lowest BCUT2D eigenvalue weighted by atomic mass is 9.78. The Labute approximate surface area is 103 Å². The van der Waals surface area contributed by atoms with Crippen LogP contribution in [0.4, 0.5) is 0 Å². The number of ether oxygens (including phenoxy) is 1. The van der Waals surface area contributed by atoms with Crippen molar-refractivity contribution in [3.8, 4) is 5.75 Å². The van der Waals surface area contributed by atoms with Gasteiger partial charge in [0, 0.05) is 11.0 Å². The highest BCUT2D eigenvalue weighted by molar-refractivity contribution is 5.45. The van der Waals surface area contributed by atoms with Gasteiger partial charge in [0.05, 0.1) is 7.11 Å². The monoisotopic (exact) mass is 226 g/mol. The number of methoxy groups -OCH3 is 1. The zero-order chi connectivity index (χ0) is 12.3. The fourth-order valence-corrected chi connectivity index (χ4v) is 2.17. The summed E-state index contributed by atoms with van der Waals surface area (Å²) in [5.74, 6) is 0.946. The molecule has 17 heavy (non-hydrogen) atoms. The van der Waals surface area contributed by atoms with Gasteiger partial charge in [-0.05, 0) is 11.6 Å². The minimum atomic E-state index is -0.0478. The Balaban J connectivity index is 2.51. The zero-order valence-corrected chi connectivity index (χ0v) is 10.6. The summed E-state index contributed by atoms with van der Waals surface area (Å²) >= 11 is 0. The average molecular weight is 226 g/mol. The van der Waals surface area contributed by atoms with Crippen LogP contribution in [0.3, 0.4) is 0 Å². The molecule has 2 aromatic rings. The van der Waals surface area contributed by atoms with Crippen LogP contribution in [0, 0.1) is 0 Å². The third-order valence-electron chi connectivity index (χ3n) is 3.28. The SMILES string of the molecule is COc1ccccc1C(C)(C)c1ccccc1. The maximum Gasteiger partial charge on any atom is 0.122 e. The van der Waals surface area contributed by atoms with Gasteiger partial charge in [-0.2, -0.15) is 0 Å². The van der Waals surface area contributed by atoms with E-state index in [1.165, 1.54) is 11.1 Å². The standard InChI is InChI=1S/C16H18O/c1-16(2,13-9-5-4-6-10-13)14-11-7-8-12-15(14)17-3/h4-12H,1-3H3. The molecule has 2 aromatic carbocycles. The molecule has 0 fully saturated rings. The predicted molar refractivity (Wildman–Crippen MR) is 71.6 cm³/mol. The van der Waals surface area contributed by atoms with E-state index in [2.05, 4.69) is 50.2 Å². The van der Waals surface area contributed by atoms with E-state index in [1.807, 2.05) is 18.2 Å². The molecule has 0 saturated heterocycles. The summed E-state index contributed by atoms with van der Waals surface area (Å²) in [7, 11) is 1.72. The molecule has 0 spiro atoms. The third-order valence-corrected chi connectivity index (χ3v) is 3.28. The maximum atomic E-state index is 5.45. The Morgan fingerprint density at radius 2 is 1.41 bits per heavy atom. The average Bonchev–Trinajstić information content (AvgIpc) is 2.39. The first-order chi connectivity index (χ1) is 8.16. The Hall–Kier alpha value is -1.76. The molecule has 0 aliphatic carbocycles. The summed E-state index contributed by atoms with van der Waals surface area (Å²) in [6, 6.07) is 18.7. The van der Waals surface area contributed by atoms with Gasteiger partial charge in [-0.25, -0.2) is 0 Å². The second-order valence-electron chi connectivity index (χ2n) is 4.69. The molecular formula is C16H18O. The van der Waals surface area contributed by atoms with Crippen LogP contribution in [0.25, 0.3) is 0 Å². The van der Waals surface area contributed by atoms with Gasteiger partial charge in [0.25, 0.3) is 0 Å². The molecule has 0 bridgehead atoms. The van der Waals surface area contributed by atoms with Crippen LogP contribution in [0.2, 0.25) is 0 Å². The van der Waals surface area contributed by atoms with Gasteiger partial charge in [0.1, 0.15) is 5.75 Å².